The van der Waals surface area contributed by atoms with Crippen LogP contribution in [0, 0.1) is 0 Å². The van der Waals surface area contributed by atoms with Crippen LogP contribution in [0.5, 0.6) is 0 Å². The van der Waals surface area contributed by atoms with Gasteiger partial charge in [0.05, 0.1) is 10.6 Å². The van der Waals surface area contributed by atoms with E-state index in [2.05, 4.69) is 20.8 Å². The van der Waals surface area contributed by atoms with Crippen molar-refractivity contribution >= 4 is 22.1 Å². The van der Waals surface area contributed by atoms with Gasteiger partial charge in [-0.05, 0) is 11.5 Å². The van der Waals surface area contributed by atoms with Gasteiger partial charge < -0.3 is 5.73 Å². The fourth-order valence-corrected chi connectivity index (χ4v) is 2.68. The first-order valence-corrected chi connectivity index (χ1v) is 6.71. The molecule has 1 aromatic carbocycles. The van der Waals surface area contributed by atoms with E-state index < -0.39 is 0 Å². The highest BCUT2D eigenvalue weighted by molar-refractivity contribution is 7.16. The Hall–Kier alpha value is -1.61. The van der Waals surface area contributed by atoms with Crippen LogP contribution in [0.15, 0.2) is 36.4 Å². The number of ketones is 1. The molecule has 1 aromatic heterocycles. The fourth-order valence-electron chi connectivity index (χ4n) is 1.70. The molecule has 0 spiro atoms. The molecule has 0 aliphatic carbocycles. The number of rotatable bonds is 2. The molecule has 0 fully saturated rings. The van der Waals surface area contributed by atoms with Crippen molar-refractivity contribution in [3.05, 3.63) is 52.4 Å². The lowest BCUT2D eigenvalue weighted by atomic mass is 9.93. The lowest BCUT2D eigenvalue weighted by Gasteiger charge is -2.14. The summed E-state index contributed by atoms with van der Waals surface area (Å²) in [7, 11) is 0. The normalized spacial score (nSPS) is 11.5. The molecule has 0 amide bonds. The zero-order chi connectivity index (χ0) is 13.3. The molecule has 2 aromatic rings. The summed E-state index contributed by atoms with van der Waals surface area (Å²) in [5.41, 5.74) is 7.30. The predicted molar refractivity (Wildman–Crippen MR) is 77.3 cm³/mol. The Labute approximate surface area is 111 Å². The van der Waals surface area contributed by atoms with E-state index in [1.54, 1.807) is 0 Å². The second-order valence-corrected chi connectivity index (χ2v) is 6.42. The average molecular weight is 259 g/mol. The first kappa shape index (κ1) is 12.8. The highest BCUT2D eigenvalue weighted by Gasteiger charge is 2.22. The second kappa shape index (κ2) is 4.58. The van der Waals surface area contributed by atoms with Crippen LogP contribution in [0.4, 0.5) is 5.00 Å². The van der Waals surface area contributed by atoms with Crippen LogP contribution in [-0.4, -0.2) is 5.78 Å². The summed E-state index contributed by atoms with van der Waals surface area (Å²) in [5.74, 6) is -0.000139. The summed E-state index contributed by atoms with van der Waals surface area (Å²) in [6.45, 7) is 6.36. The van der Waals surface area contributed by atoms with Crippen LogP contribution in [0.3, 0.4) is 0 Å². The largest absolute Gasteiger partial charge is 0.390 e. The highest BCUT2D eigenvalue weighted by atomic mass is 32.1. The van der Waals surface area contributed by atoms with Crippen LogP contribution in [0.25, 0.3) is 0 Å². The number of nitrogens with two attached hydrogens (primary N) is 1. The number of hydrogen-bond donors (Lipinski definition) is 1. The average Bonchev–Trinajstić information content (AvgIpc) is 2.71. The van der Waals surface area contributed by atoms with Crippen molar-refractivity contribution < 1.29 is 4.79 Å². The number of nitrogen functional groups attached to an aromatic ring is 1. The SMILES string of the molecule is CC(C)(C)c1cc(C(=O)c2ccccc2)c(N)s1. The summed E-state index contributed by atoms with van der Waals surface area (Å²) in [6, 6.07) is 11.2. The molecular weight excluding hydrogens is 242 g/mol. The van der Waals surface area contributed by atoms with Crippen LogP contribution in [0.2, 0.25) is 0 Å². The van der Waals surface area contributed by atoms with Gasteiger partial charge in [-0.1, -0.05) is 51.1 Å². The van der Waals surface area contributed by atoms with Gasteiger partial charge in [0.15, 0.2) is 5.78 Å². The molecule has 0 atom stereocenters. The van der Waals surface area contributed by atoms with Crippen LogP contribution >= 0.6 is 11.3 Å². The first-order valence-electron chi connectivity index (χ1n) is 5.89. The minimum atomic E-state index is -0.000139. The minimum absolute atomic E-state index is 0.000139. The van der Waals surface area contributed by atoms with Crippen molar-refractivity contribution in [1.82, 2.24) is 0 Å². The van der Waals surface area contributed by atoms with E-state index in [0.29, 0.717) is 16.1 Å². The van der Waals surface area contributed by atoms with Gasteiger partial charge in [-0.3, -0.25) is 4.79 Å². The summed E-state index contributed by atoms with van der Waals surface area (Å²) in [5, 5.41) is 0.605. The topological polar surface area (TPSA) is 43.1 Å². The molecule has 1 heterocycles. The van der Waals surface area contributed by atoms with E-state index in [9.17, 15) is 4.79 Å². The molecular formula is C15H17NOS. The molecule has 3 heteroatoms. The molecule has 2 N–H and O–H groups in total. The van der Waals surface area contributed by atoms with Crippen molar-refractivity contribution in [3.8, 4) is 0 Å². The maximum Gasteiger partial charge on any atom is 0.195 e. The van der Waals surface area contributed by atoms with Gasteiger partial charge in [0, 0.05) is 10.4 Å². The Morgan fingerprint density at radius 2 is 1.78 bits per heavy atom. The first-order chi connectivity index (χ1) is 8.39. The standard InChI is InChI=1S/C15H17NOS/c1-15(2,3)12-9-11(14(16)18-12)13(17)10-7-5-4-6-8-10/h4-9H,16H2,1-3H3. The van der Waals surface area contributed by atoms with E-state index in [4.69, 9.17) is 5.73 Å². The van der Waals surface area contributed by atoms with Gasteiger partial charge >= 0.3 is 0 Å². The Morgan fingerprint density at radius 1 is 1.17 bits per heavy atom. The van der Waals surface area contributed by atoms with Crippen LogP contribution < -0.4 is 5.73 Å². The van der Waals surface area contributed by atoms with Gasteiger partial charge in [0.1, 0.15) is 0 Å². The number of anilines is 1. The summed E-state index contributed by atoms with van der Waals surface area (Å²) >= 11 is 1.50. The van der Waals surface area contributed by atoms with Gasteiger partial charge in [0.25, 0.3) is 0 Å². The molecule has 0 aliphatic heterocycles. The van der Waals surface area contributed by atoms with E-state index in [1.807, 2.05) is 36.4 Å². The Bertz CT molecular complexity index is 564. The molecule has 94 valence electrons. The van der Waals surface area contributed by atoms with Crippen molar-refractivity contribution in [2.45, 2.75) is 26.2 Å². The maximum atomic E-state index is 12.3. The maximum absolute atomic E-state index is 12.3. The summed E-state index contributed by atoms with van der Waals surface area (Å²) in [4.78, 5) is 13.5. The molecule has 0 unspecified atom stereocenters. The third kappa shape index (κ3) is 2.46. The monoisotopic (exact) mass is 259 g/mol. The third-order valence-corrected chi connectivity index (χ3v) is 4.17. The van der Waals surface area contributed by atoms with Crippen molar-refractivity contribution in [2.75, 3.05) is 5.73 Å². The lowest BCUT2D eigenvalue weighted by Crippen LogP contribution is -2.08. The fraction of sp³-hybridized carbons (Fsp3) is 0.267. The zero-order valence-electron chi connectivity index (χ0n) is 10.9. The number of benzene rings is 1. The quantitative estimate of drug-likeness (QED) is 0.832. The molecule has 0 radical (unpaired) electrons. The van der Waals surface area contributed by atoms with Crippen LogP contribution in [-0.2, 0) is 5.41 Å². The predicted octanol–water partition coefficient (Wildman–Crippen LogP) is 3.86. The highest BCUT2D eigenvalue weighted by Crippen LogP contribution is 2.35. The second-order valence-electron chi connectivity index (χ2n) is 5.33. The smallest absolute Gasteiger partial charge is 0.195 e. The lowest BCUT2D eigenvalue weighted by molar-refractivity contribution is 0.104. The van der Waals surface area contributed by atoms with Gasteiger partial charge in [-0.25, -0.2) is 0 Å². The minimum Gasteiger partial charge on any atom is -0.390 e. The molecule has 0 saturated carbocycles. The van der Waals surface area contributed by atoms with Crippen molar-refractivity contribution in [1.29, 1.82) is 0 Å². The molecule has 2 rings (SSSR count). The summed E-state index contributed by atoms with van der Waals surface area (Å²) < 4.78 is 0. The zero-order valence-corrected chi connectivity index (χ0v) is 11.7. The van der Waals surface area contributed by atoms with E-state index in [1.165, 1.54) is 11.3 Å². The van der Waals surface area contributed by atoms with E-state index in [-0.39, 0.29) is 11.2 Å². The van der Waals surface area contributed by atoms with E-state index in [0.717, 1.165) is 4.88 Å². The molecule has 18 heavy (non-hydrogen) atoms. The Morgan fingerprint density at radius 3 is 2.28 bits per heavy atom. The molecule has 2 nitrogen and oxygen atoms in total. The van der Waals surface area contributed by atoms with Gasteiger partial charge in [0.2, 0.25) is 0 Å². The van der Waals surface area contributed by atoms with Gasteiger partial charge in [-0.15, -0.1) is 11.3 Å². The summed E-state index contributed by atoms with van der Waals surface area (Å²) in [6.07, 6.45) is 0. The van der Waals surface area contributed by atoms with Gasteiger partial charge in [-0.2, -0.15) is 0 Å². The molecule has 0 aliphatic rings. The number of thiophene rings is 1. The van der Waals surface area contributed by atoms with E-state index >= 15 is 0 Å². The number of carbonyl (C=O) groups excluding carboxylic acids is 1. The number of hydrogen-bond acceptors (Lipinski definition) is 3. The molecule has 0 bridgehead atoms. The van der Waals surface area contributed by atoms with Crippen LogP contribution in [0.1, 0.15) is 41.6 Å². The third-order valence-electron chi connectivity index (χ3n) is 2.78. The van der Waals surface area contributed by atoms with Crippen molar-refractivity contribution in [2.24, 2.45) is 0 Å². The van der Waals surface area contributed by atoms with Crippen molar-refractivity contribution in [3.63, 3.8) is 0 Å². The number of carbonyl (C=O) groups is 1. The Balaban J connectivity index is 2.41. The molecule has 0 saturated heterocycles. The Kier molecular flexibility index (Phi) is 3.26.